The van der Waals surface area contributed by atoms with Crippen LogP contribution < -0.4 is 5.32 Å². The van der Waals surface area contributed by atoms with Gasteiger partial charge in [-0.05, 0) is 61.7 Å². The second kappa shape index (κ2) is 12.5. The lowest BCUT2D eigenvalue weighted by Gasteiger charge is -2.38. The number of anilines is 1. The lowest BCUT2D eigenvalue weighted by molar-refractivity contribution is -0.137. The second-order valence-electron chi connectivity index (χ2n) is 10.5. The average molecular weight is 573 g/mol. The van der Waals surface area contributed by atoms with E-state index in [-0.39, 0.29) is 12.1 Å². The summed E-state index contributed by atoms with van der Waals surface area (Å²) in [6.07, 6.45) is -2.82. The van der Waals surface area contributed by atoms with Crippen molar-refractivity contribution in [1.29, 1.82) is 5.26 Å². The molecule has 0 saturated carbocycles. The number of imidazole rings is 1. The highest BCUT2D eigenvalue weighted by molar-refractivity contribution is 5.89. The Labute approximate surface area is 242 Å². The lowest BCUT2D eigenvalue weighted by atomic mass is 10.0. The van der Waals surface area contributed by atoms with Gasteiger partial charge in [-0.15, -0.1) is 0 Å². The van der Waals surface area contributed by atoms with Crippen LogP contribution in [0.5, 0.6) is 0 Å². The number of carbonyl (C=O) groups excluding carboxylic acids is 1. The maximum absolute atomic E-state index is 13.5. The number of benzene rings is 3. The number of nitrogens with one attached hydrogen (secondary N) is 2. The number of hydrogen-bond acceptors (Lipinski definition) is 4. The van der Waals surface area contributed by atoms with E-state index in [4.69, 9.17) is 10.2 Å². The molecule has 2 heterocycles. The van der Waals surface area contributed by atoms with Gasteiger partial charge in [0, 0.05) is 49.2 Å². The fourth-order valence-electron chi connectivity index (χ4n) is 5.18. The zero-order valence-electron chi connectivity index (χ0n) is 23.2. The van der Waals surface area contributed by atoms with E-state index in [1.165, 1.54) is 12.1 Å². The minimum absolute atomic E-state index is 0.0304. The number of likely N-dealkylation sites (tertiary alicyclic amines) is 1. The Bertz CT molecular complexity index is 1530. The van der Waals surface area contributed by atoms with Crippen molar-refractivity contribution in [1.82, 2.24) is 19.8 Å². The van der Waals surface area contributed by atoms with Crippen molar-refractivity contribution in [2.24, 2.45) is 0 Å². The number of halogens is 3. The number of rotatable bonds is 7. The number of hydrogen-bond donors (Lipinski definition) is 2. The van der Waals surface area contributed by atoms with Gasteiger partial charge in [-0.1, -0.05) is 42.5 Å². The molecule has 216 valence electrons. The van der Waals surface area contributed by atoms with E-state index in [1.54, 1.807) is 24.3 Å². The van der Waals surface area contributed by atoms with Crippen LogP contribution in [0.15, 0.2) is 78.9 Å². The van der Waals surface area contributed by atoms with Crippen molar-refractivity contribution in [3.05, 3.63) is 107 Å². The van der Waals surface area contributed by atoms with Crippen molar-refractivity contribution < 1.29 is 18.0 Å². The van der Waals surface area contributed by atoms with E-state index < -0.39 is 11.7 Å². The summed E-state index contributed by atoms with van der Waals surface area (Å²) in [6, 6.07) is 23.6. The minimum Gasteiger partial charge on any atom is -0.342 e. The van der Waals surface area contributed by atoms with Gasteiger partial charge in [0.15, 0.2) is 0 Å². The van der Waals surface area contributed by atoms with Gasteiger partial charge in [-0.3, -0.25) is 4.90 Å². The van der Waals surface area contributed by atoms with Crippen LogP contribution in [0.2, 0.25) is 0 Å². The number of nitrogens with zero attached hydrogens (tertiary/aromatic N) is 4. The van der Waals surface area contributed by atoms with Crippen molar-refractivity contribution in [3.8, 4) is 17.5 Å². The molecule has 2 amide bonds. The van der Waals surface area contributed by atoms with Crippen LogP contribution in [0, 0.1) is 18.3 Å². The van der Waals surface area contributed by atoms with Gasteiger partial charge in [-0.2, -0.15) is 18.4 Å². The predicted octanol–water partition coefficient (Wildman–Crippen LogP) is 6.97. The van der Waals surface area contributed by atoms with Crippen molar-refractivity contribution in [3.63, 3.8) is 0 Å². The number of alkyl halides is 3. The molecule has 5 rings (SSSR count). The summed E-state index contributed by atoms with van der Waals surface area (Å²) >= 11 is 0. The van der Waals surface area contributed by atoms with Gasteiger partial charge >= 0.3 is 12.2 Å². The van der Waals surface area contributed by atoms with Gasteiger partial charge < -0.3 is 15.2 Å². The molecule has 1 aliphatic rings. The summed E-state index contributed by atoms with van der Waals surface area (Å²) in [5.74, 6) is 0.541. The molecule has 42 heavy (non-hydrogen) atoms. The molecule has 1 fully saturated rings. The zero-order chi connectivity index (χ0) is 29.7. The molecular weight excluding hydrogens is 541 g/mol. The lowest BCUT2D eigenvalue weighted by Crippen LogP contribution is -2.48. The predicted molar refractivity (Wildman–Crippen MR) is 154 cm³/mol. The summed E-state index contributed by atoms with van der Waals surface area (Å²) in [4.78, 5) is 25.5. The molecule has 10 heteroatoms. The Hall–Kier alpha value is -4.62. The Morgan fingerprint density at radius 2 is 1.71 bits per heavy atom. The Morgan fingerprint density at radius 1 is 1.05 bits per heavy atom. The van der Waals surface area contributed by atoms with E-state index in [0.29, 0.717) is 35.7 Å². The molecule has 4 aromatic rings. The monoisotopic (exact) mass is 572 g/mol. The van der Waals surface area contributed by atoms with Crippen molar-refractivity contribution in [2.45, 2.75) is 45.1 Å². The number of piperidine rings is 1. The minimum atomic E-state index is -4.38. The van der Waals surface area contributed by atoms with Crippen LogP contribution in [-0.4, -0.2) is 44.9 Å². The topological polar surface area (TPSA) is 88.1 Å². The smallest absolute Gasteiger partial charge is 0.342 e. The fraction of sp³-hybridized carbons (Fsp3) is 0.281. The summed E-state index contributed by atoms with van der Waals surface area (Å²) < 4.78 is 38.8. The summed E-state index contributed by atoms with van der Waals surface area (Å²) in [5.41, 5.74) is 3.83. The number of urea groups is 1. The molecule has 1 aromatic heterocycles. The molecule has 0 atom stereocenters. The fourth-order valence-corrected chi connectivity index (χ4v) is 5.18. The molecule has 7 nitrogen and oxygen atoms in total. The third-order valence-corrected chi connectivity index (χ3v) is 7.56. The number of aromatic nitrogens is 2. The van der Waals surface area contributed by atoms with Gasteiger partial charge in [0.2, 0.25) is 0 Å². The van der Waals surface area contributed by atoms with Gasteiger partial charge in [-0.25, -0.2) is 9.78 Å². The van der Waals surface area contributed by atoms with Crippen molar-refractivity contribution in [2.75, 3.05) is 18.4 Å². The zero-order valence-corrected chi connectivity index (χ0v) is 23.2. The quantitative estimate of drug-likeness (QED) is 0.250. The number of H-pyrrole nitrogens is 1. The number of amides is 2. The first kappa shape index (κ1) is 28.9. The first-order valence-corrected chi connectivity index (χ1v) is 13.8. The molecule has 0 radical (unpaired) electrons. The summed E-state index contributed by atoms with van der Waals surface area (Å²) in [5, 5.41) is 12.0. The molecule has 1 saturated heterocycles. The standard InChI is InChI=1S/C32H31F3N6O/c1-22-29(39-30(37-22)25-9-11-26(12-10-25)32(33,34)35)21-40-17-15-28(16-18-40)41(20-24-5-3-2-4-6-24)31(42)38-27-13-7-23(19-36)8-14-27/h2-14,28H,15-18,20-21H2,1H3,(H,37,39)(H,38,42). The molecule has 0 spiro atoms. The molecule has 0 unspecified atom stereocenters. The number of aryl methyl sites for hydroxylation is 1. The van der Waals surface area contributed by atoms with Crippen LogP contribution >= 0.6 is 0 Å². The van der Waals surface area contributed by atoms with Crippen LogP contribution in [0.1, 0.15) is 40.9 Å². The van der Waals surface area contributed by atoms with Crippen molar-refractivity contribution >= 4 is 11.7 Å². The van der Waals surface area contributed by atoms with E-state index in [0.717, 1.165) is 55.0 Å². The molecule has 0 aliphatic carbocycles. The van der Waals surface area contributed by atoms with Crippen LogP contribution in [0.4, 0.5) is 23.7 Å². The highest BCUT2D eigenvalue weighted by Crippen LogP contribution is 2.31. The molecular formula is C32H31F3N6O. The molecule has 0 bridgehead atoms. The van der Waals surface area contributed by atoms with Gasteiger partial charge in [0.05, 0.1) is 22.9 Å². The normalized spacial score (nSPS) is 14.4. The van der Waals surface area contributed by atoms with E-state index in [1.807, 2.05) is 42.2 Å². The molecule has 3 aromatic carbocycles. The third-order valence-electron chi connectivity index (χ3n) is 7.56. The largest absolute Gasteiger partial charge is 0.416 e. The summed E-state index contributed by atoms with van der Waals surface area (Å²) in [6.45, 7) is 4.52. The SMILES string of the molecule is Cc1[nH]c(-c2ccc(C(F)(F)F)cc2)nc1CN1CCC(N(Cc2ccccc2)C(=O)Nc2ccc(C#N)cc2)CC1. The number of aromatic amines is 1. The maximum Gasteiger partial charge on any atom is 0.416 e. The molecule has 2 N–H and O–H groups in total. The average Bonchev–Trinajstić information content (AvgIpc) is 3.36. The van der Waals surface area contributed by atoms with E-state index in [9.17, 15) is 18.0 Å². The maximum atomic E-state index is 13.5. The van der Waals surface area contributed by atoms with Crippen LogP contribution in [-0.2, 0) is 19.3 Å². The second-order valence-corrected chi connectivity index (χ2v) is 10.5. The first-order valence-electron chi connectivity index (χ1n) is 13.8. The Kier molecular flexibility index (Phi) is 8.59. The van der Waals surface area contributed by atoms with E-state index in [2.05, 4.69) is 21.3 Å². The highest BCUT2D eigenvalue weighted by Gasteiger charge is 2.31. The molecule has 1 aliphatic heterocycles. The van der Waals surface area contributed by atoms with Gasteiger partial charge in [0.1, 0.15) is 5.82 Å². The van der Waals surface area contributed by atoms with Crippen LogP contribution in [0.3, 0.4) is 0 Å². The summed E-state index contributed by atoms with van der Waals surface area (Å²) in [7, 11) is 0. The van der Waals surface area contributed by atoms with Crippen LogP contribution in [0.25, 0.3) is 11.4 Å². The van der Waals surface area contributed by atoms with Gasteiger partial charge in [0.25, 0.3) is 0 Å². The van der Waals surface area contributed by atoms with E-state index >= 15 is 0 Å². The third kappa shape index (κ3) is 6.98. The Morgan fingerprint density at radius 3 is 2.33 bits per heavy atom. The highest BCUT2D eigenvalue weighted by atomic mass is 19.4. The number of nitriles is 1. The number of carbonyl (C=O) groups is 1. The first-order chi connectivity index (χ1) is 20.2. The Balaban J connectivity index is 1.23.